The average Bonchev–Trinajstić information content (AvgIpc) is 2.23. The van der Waals surface area contributed by atoms with Crippen LogP contribution in [0.15, 0.2) is 0 Å². The number of hydrogen-bond donors (Lipinski definition) is 7. The van der Waals surface area contributed by atoms with E-state index in [0.717, 1.165) is 0 Å². The molecular formula is C8H20N2O9P2. The highest BCUT2D eigenvalue weighted by molar-refractivity contribution is 7.57. The van der Waals surface area contributed by atoms with Gasteiger partial charge in [-0.25, -0.2) is 0 Å². The molecule has 8 N–H and O–H groups in total. The topological polar surface area (TPSA) is 207 Å². The number of carbonyl (C=O) groups is 2. The van der Waals surface area contributed by atoms with Crippen molar-refractivity contribution in [3.63, 3.8) is 0 Å². The standard InChI is InChI=1S/C5H12NO4P.C3H8NO5P/c1-11(9,10)3-2-4(6)5(7)8;5-3(6)1-4-2-10(7,8)9/h4H,2-3,6H2,1H3,(H,7,8)(H,9,10);4H,1-2H2,(H,5,6)(H2,7,8,9). The number of carboxylic acid groups (broad SMARTS) is 2. The minimum Gasteiger partial charge on any atom is -0.480 e. The van der Waals surface area contributed by atoms with Crippen LogP contribution < -0.4 is 11.1 Å². The van der Waals surface area contributed by atoms with Gasteiger partial charge in [0.2, 0.25) is 0 Å². The van der Waals surface area contributed by atoms with Crippen molar-refractivity contribution in [2.45, 2.75) is 12.5 Å². The first kappa shape index (κ1) is 22.5. The normalized spacial score (nSPS) is 15.3. The number of rotatable bonds is 8. The molecule has 0 bridgehead atoms. The zero-order chi connectivity index (χ0) is 17.3. The fraction of sp³-hybridized carbons (Fsp3) is 0.750. The number of hydrogen-bond acceptors (Lipinski definition) is 6. The molecule has 0 aromatic rings. The molecule has 0 aliphatic rings. The van der Waals surface area contributed by atoms with Crippen molar-refractivity contribution in [1.82, 2.24) is 5.32 Å². The summed E-state index contributed by atoms with van der Waals surface area (Å²) in [5.41, 5.74) is 5.09. The molecule has 0 fully saturated rings. The lowest BCUT2D eigenvalue weighted by molar-refractivity contribution is -0.138. The van der Waals surface area contributed by atoms with Gasteiger partial charge in [0.1, 0.15) is 6.04 Å². The van der Waals surface area contributed by atoms with Gasteiger partial charge in [-0.3, -0.25) is 24.0 Å². The lowest BCUT2D eigenvalue weighted by Crippen LogP contribution is -2.30. The third-order valence-corrected chi connectivity index (χ3v) is 3.49. The Balaban J connectivity index is 0. The molecule has 126 valence electrons. The van der Waals surface area contributed by atoms with E-state index >= 15 is 0 Å². The van der Waals surface area contributed by atoms with Crippen molar-refractivity contribution in [2.24, 2.45) is 5.73 Å². The summed E-state index contributed by atoms with van der Waals surface area (Å²) < 4.78 is 20.7. The highest BCUT2D eigenvalue weighted by Crippen LogP contribution is 2.35. The molecule has 13 heteroatoms. The van der Waals surface area contributed by atoms with Gasteiger partial charge in [0.05, 0.1) is 12.8 Å². The van der Waals surface area contributed by atoms with Gasteiger partial charge in [-0.1, -0.05) is 0 Å². The van der Waals surface area contributed by atoms with E-state index in [1.807, 2.05) is 0 Å². The first-order valence-electron chi connectivity index (χ1n) is 5.49. The second-order valence-electron chi connectivity index (χ2n) is 4.15. The van der Waals surface area contributed by atoms with Gasteiger partial charge >= 0.3 is 19.5 Å². The van der Waals surface area contributed by atoms with Crippen molar-refractivity contribution < 1.29 is 43.6 Å². The van der Waals surface area contributed by atoms with Gasteiger partial charge in [0.25, 0.3) is 0 Å². The molecule has 0 radical (unpaired) electrons. The van der Waals surface area contributed by atoms with E-state index in [1.54, 1.807) is 0 Å². The van der Waals surface area contributed by atoms with Crippen molar-refractivity contribution in [3.05, 3.63) is 0 Å². The summed E-state index contributed by atoms with van der Waals surface area (Å²) in [6, 6.07) is -1.03. The van der Waals surface area contributed by atoms with Crippen molar-refractivity contribution >= 4 is 26.9 Å². The summed E-state index contributed by atoms with van der Waals surface area (Å²) in [6.07, 6.45) is -0.598. The SMILES string of the molecule is CP(=O)(O)CCC(N)C(=O)O.O=C(O)CNCP(=O)(O)O. The molecule has 0 aliphatic heterocycles. The molecule has 2 atom stereocenters. The van der Waals surface area contributed by atoms with E-state index in [4.69, 9.17) is 30.6 Å². The zero-order valence-electron chi connectivity index (χ0n) is 11.2. The van der Waals surface area contributed by atoms with Crippen LogP contribution in [0.25, 0.3) is 0 Å². The zero-order valence-corrected chi connectivity index (χ0v) is 13.0. The van der Waals surface area contributed by atoms with Gasteiger partial charge < -0.3 is 30.6 Å². The highest BCUT2D eigenvalue weighted by Gasteiger charge is 2.16. The van der Waals surface area contributed by atoms with E-state index < -0.39 is 45.8 Å². The molecule has 21 heavy (non-hydrogen) atoms. The first-order valence-corrected chi connectivity index (χ1v) is 9.58. The molecule has 0 aromatic carbocycles. The molecule has 0 amide bonds. The van der Waals surface area contributed by atoms with Crippen LogP contribution >= 0.6 is 15.0 Å². The van der Waals surface area contributed by atoms with Gasteiger partial charge in [0, 0.05) is 12.8 Å². The summed E-state index contributed by atoms with van der Waals surface area (Å²) in [5, 5.41) is 18.3. The van der Waals surface area contributed by atoms with E-state index in [-0.39, 0.29) is 12.6 Å². The van der Waals surface area contributed by atoms with Crippen LogP contribution in [-0.2, 0) is 18.7 Å². The lowest BCUT2D eigenvalue weighted by Gasteiger charge is -2.07. The van der Waals surface area contributed by atoms with Gasteiger partial charge in [-0.15, -0.1) is 0 Å². The van der Waals surface area contributed by atoms with Crippen LogP contribution in [0.4, 0.5) is 0 Å². The van der Waals surface area contributed by atoms with Crippen LogP contribution in [0.1, 0.15) is 6.42 Å². The average molecular weight is 350 g/mol. The van der Waals surface area contributed by atoms with Gasteiger partial charge in [-0.05, 0) is 6.42 Å². The maximum Gasteiger partial charge on any atom is 0.339 e. The predicted molar refractivity (Wildman–Crippen MR) is 73.4 cm³/mol. The monoisotopic (exact) mass is 350 g/mol. The Hall–Kier alpha value is -0.800. The molecule has 0 saturated carbocycles. The first-order chi connectivity index (χ1) is 9.24. The molecule has 0 saturated heterocycles. The Morgan fingerprint density at radius 2 is 1.67 bits per heavy atom. The molecule has 0 spiro atoms. The van der Waals surface area contributed by atoms with E-state index in [9.17, 15) is 18.7 Å². The fourth-order valence-electron chi connectivity index (χ4n) is 0.811. The second kappa shape index (κ2) is 10.0. The molecule has 11 nitrogen and oxygen atoms in total. The minimum absolute atomic E-state index is 0.0412. The summed E-state index contributed by atoms with van der Waals surface area (Å²) in [7, 11) is -7.20. The lowest BCUT2D eigenvalue weighted by atomic mass is 10.2. The van der Waals surface area contributed by atoms with Gasteiger partial charge in [-0.2, -0.15) is 0 Å². The van der Waals surface area contributed by atoms with Gasteiger partial charge in [0.15, 0.2) is 7.37 Å². The predicted octanol–water partition coefficient (Wildman–Crippen LogP) is -1.52. The van der Waals surface area contributed by atoms with Crippen LogP contribution in [0.3, 0.4) is 0 Å². The molecule has 0 rings (SSSR count). The van der Waals surface area contributed by atoms with Crippen LogP contribution in [0, 0.1) is 0 Å². The van der Waals surface area contributed by atoms with Crippen LogP contribution in [0.5, 0.6) is 0 Å². The van der Waals surface area contributed by atoms with Crippen molar-refractivity contribution in [3.8, 4) is 0 Å². The minimum atomic E-state index is -4.10. The number of nitrogens with two attached hydrogens (primary N) is 1. The van der Waals surface area contributed by atoms with E-state index in [0.29, 0.717) is 0 Å². The number of carboxylic acids is 2. The molecule has 0 heterocycles. The highest BCUT2D eigenvalue weighted by atomic mass is 31.2. The summed E-state index contributed by atoms with van der Waals surface area (Å²) in [4.78, 5) is 45.0. The Bertz CT molecular complexity index is 429. The Kier molecular flexibility index (Phi) is 10.7. The quantitative estimate of drug-likeness (QED) is 0.250. The Labute approximate surface area is 120 Å². The molecule has 0 aliphatic carbocycles. The fourth-order valence-corrected chi connectivity index (χ4v) is 1.97. The van der Waals surface area contributed by atoms with Crippen molar-refractivity contribution in [2.75, 3.05) is 25.7 Å². The molecule has 0 aromatic heterocycles. The molecular weight excluding hydrogens is 330 g/mol. The van der Waals surface area contributed by atoms with Crippen LogP contribution in [-0.4, -0.2) is 68.5 Å². The summed E-state index contributed by atoms with van der Waals surface area (Å²) in [6.45, 7) is 0.743. The third kappa shape index (κ3) is 21.6. The summed E-state index contributed by atoms with van der Waals surface area (Å²) >= 11 is 0. The number of aliphatic carboxylic acids is 2. The Morgan fingerprint density at radius 1 is 1.19 bits per heavy atom. The smallest absolute Gasteiger partial charge is 0.339 e. The Morgan fingerprint density at radius 3 is 1.95 bits per heavy atom. The maximum atomic E-state index is 10.6. The maximum absolute atomic E-state index is 10.6. The van der Waals surface area contributed by atoms with Crippen LogP contribution in [0.2, 0.25) is 0 Å². The molecule has 2 unspecified atom stereocenters. The third-order valence-electron chi connectivity index (χ3n) is 1.77. The van der Waals surface area contributed by atoms with E-state index in [1.165, 1.54) is 6.66 Å². The van der Waals surface area contributed by atoms with Crippen molar-refractivity contribution in [1.29, 1.82) is 0 Å². The van der Waals surface area contributed by atoms with E-state index in [2.05, 4.69) is 5.32 Å². The second-order valence-corrected chi connectivity index (χ2v) is 8.35. The largest absolute Gasteiger partial charge is 0.480 e. The number of nitrogens with one attached hydrogen (secondary N) is 1. The summed E-state index contributed by atoms with van der Waals surface area (Å²) in [5.74, 6) is -2.29.